The lowest BCUT2D eigenvalue weighted by Crippen LogP contribution is -2.40. The number of alkyl halides is 2. The number of carbonyl (C=O) groups is 1. The smallest absolute Gasteiger partial charge is 0.249 e. The Hall–Kier alpha value is -0.470. The minimum Gasteiger partial charge on any atom is -0.299 e. The first-order valence-corrected chi connectivity index (χ1v) is 5.97. The van der Waals surface area contributed by atoms with Crippen LogP contribution in [0.15, 0.2) is 0 Å². The zero-order chi connectivity index (χ0) is 10.9. The van der Waals surface area contributed by atoms with Crippen LogP contribution in [0.5, 0.6) is 0 Å². The van der Waals surface area contributed by atoms with Gasteiger partial charge in [0.2, 0.25) is 5.92 Å². The van der Waals surface area contributed by atoms with Gasteiger partial charge in [0.25, 0.3) is 0 Å². The second-order valence-electron chi connectivity index (χ2n) is 5.14. The van der Waals surface area contributed by atoms with E-state index in [9.17, 15) is 13.6 Å². The zero-order valence-corrected chi connectivity index (χ0v) is 8.98. The summed E-state index contributed by atoms with van der Waals surface area (Å²) in [5, 5.41) is 0. The van der Waals surface area contributed by atoms with Gasteiger partial charge in [-0.3, -0.25) is 4.79 Å². The van der Waals surface area contributed by atoms with Crippen LogP contribution in [0.2, 0.25) is 0 Å². The van der Waals surface area contributed by atoms with Crippen LogP contribution >= 0.6 is 0 Å². The SMILES string of the molecule is O=C(CC1CCCCC1)C1CC(F)(F)C1. The summed E-state index contributed by atoms with van der Waals surface area (Å²) < 4.78 is 25.1. The Bertz CT molecular complexity index is 236. The molecule has 0 aromatic rings. The summed E-state index contributed by atoms with van der Waals surface area (Å²) in [6, 6.07) is 0. The van der Waals surface area contributed by atoms with E-state index in [1.54, 1.807) is 0 Å². The molecule has 0 N–H and O–H groups in total. The van der Waals surface area contributed by atoms with Crippen LogP contribution in [0.3, 0.4) is 0 Å². The second-order valence-corrected chi connectivity index (χ2v) is 5.14. The first-order valence-electron chi connectivity index (χ1n) is 5.97. The molecule has 0 aromatic heterocycles. The van der Waals surface area contributed by atoms with Gasteiger partial charge in [0, 0.05) is 25.2 Å². The largest absolute Gasteiger partial charge is 0.299 e. The fraction of sp³-hybridized carbons (Fsp3) is 0.917. The summed E-state index contributed by atoms with van der Waals surface area (Å²) in [6.45, 7) is 0. The third-order valence-electron chi connectivity index (χ3n) is 3.76. The summed E-state index contributed by atoms with van der Waals surface area (Å²) in [5.41, 5.74) is 0. The van der Waals surface area contributed by atoms with E-state index < -0.39 is 5.92 Å². The van der Waals surface area contributed by atoms with Gasteiger partial charge in [-0.1, -0.05) is 32.1 Å². The van der Waals surface area contributed by atoms with E-state index in [-0.39, 0.29) is 24.5 Å². The lowest BCUT2D eigenvalue weighted by atomic mass is 9.74. The molecule has 0 heterocycles. The van der Waals surface area contributed by atoms with E-state index in [4.69, 9.17) is 0 Å². The molecule has 0 amide bonds. The normalized spacial score (nSPS) is 27.3. The van der Waals surface area contributed by atoms with Crippen molar-refractivity contribution in [1.29, 1.82) is 0 Å². The Labute approximate surface area is 89.2 Å². The first-order chi connectivity index (χ1) is 7.07. The Morgan fingerprint density at radius 3 is 2.27 bits per heavy atom. The summed E-state index contributed by atoms with van der Waals surface area (Å²) in [6.07, 6.45) is 6.09. The van der Waals surface area contributed by atoms with E-state index in [1.165, 1.54) is 19.3 Å². The number of ketones is 1. The highest BCUT2D eigenvalue weighted by Crippen LogP contribution is 2.44. The topological polar surface area (TPSA) is 17.1 Å². The van der Waals surface area contributed by atoms with Gasteiger partial charge in [0.05, 0.1) is 0 Å². The summed E-state index contributed by atoms with van der Waals surface area (Å²) in [4.78, 5) is 11.6. The number of hydrogen-bond donors (Lipinski definition) is 0. The number of carbonyl (C=O) groups excluding carboxylic acids is 1. The standard InChI is InChI=1S/C12H18F2O/c13-12(14)7-10(8-12)11(15)6-9-4-2-1-3-5-9/h9-10H,1-8H2. The van der Waals surface area contributed by atoms with Gasteiger partial charge >= 0.3 is 0 Å². The quantitative estimate of drug-likeness (QED) is 0.704. The Kier molecular flexibility index (Phi) is 3.08. The molecule has 2 saturated carbocycles. The van der Waals surface area contributed by atoms with E-state index in [1.807, 2.05) is 0 Å². The molecule has 2 fully saturated rings. The lowest BCUT2D eigenvalue weighted by molar-refractivity contribution is -0.149. The van der Waals surface area contributed by atoms with Crippen molar-refractivity contribution in [3.05, 3.63) is 0 Å². The molecule has 2 rings (SSSR count). The van der Waals surface area contributed by atoms with Crippen LogP contribution in [0, 0.1) is 11.8 Å². The van der Waals surface area contributed by atoms with Crippen LogP contribution in [0.4, 0.5) is 8.78 Å². The molecule has 0 aromatic carbocycles. The predicted octanol–water partition coefficient (Wildman–Crippen LogP) is 3.57. The molecular weight excluding hydrogens is 198 g/mol. The molecule has 86 valence electrons. The van der Waals surface area contributed by atoms with Crippen molar-refractivity contribution in [2.75, 3.05) is 0 Å². The molecular formula is C12H18F2O. The van der Waals surface area contributed by atoms with Crippen LogP contribution in [0.25, 0.3) is 0 Å². The van der Waals surface area contributed by atoms with Crippen molar-refractivity contribution in [3.63, 3.8) is 0 Å². The predicted molar refractivity (Wildman–Crippen MR) is 53.9 cm³/mol. The molecule has 2 aliphatic rings. The third-order valence-corrected chi connectivity index (χ3v) is 3.76. The molecule has 0 aliphatic heterocycles. The monoisotopic (exact) mass is 216 g/mol. The molecule has 15 heavy (non-hydrogen) atoms. The van der Waals surface area contributed by atoms with Crippen molar-refractivity contribution >= 4 is 5.78 Å². The van der Waals surface area contributed by atoms with Crippen molar-refractivity contribution < 1.29 is 13.6 Å². The van der Waals surface area contributed by atoms with Gasteiger partial charge in [-0.2, -0.15) is 0 Å². The molecule has 0 radical (unpaired) electrons. The maximum Gasteiger partial charge on any atom is 0.249 e. The molecule has 1 nitrogen and oxygen atoms in total. The van der Waals surface area contributed by atoms with Gasteiger partial charge in [-0.25, -0.2) is 8.78 Å². The molecule has 0 saturated heterocycles. The Morgan fingerprint density at radius 1 is 1.13 bits per heavy atom. The zero-order valence-electron chi connectivity index (χ0n) is 8.98. The van der Waals surface area contributed by atoms with Crippen molar-refractivity contribution in [1.82, 2.24) is 0 Å². The molecule has 3 heteroatoms. The van der Waals surface area contributed by atoms with E-state index in [2.05, 4.69) is 0 Å². The maximum atomic E-state index is 12.6. The van der Waals surface area contributed by atoms with Crippen molar-refractivity contribution in [2.45, 2.75) is 57.3 Å². The molecule has 0 bridgehead atoms. The number of hydrogen-bond acceptors (Lipinski definition) is 1. The van der Waals surface area contributed by atoms with Gasteiger partial charge < -0.3 is 0 Å². The summed E-state index contributed by atoms with van der Waals surface area (Å²) in [5.74, 6) is -2.30. The van der Waals surface area contributed by atoms with Crippen LogP contribution in [-0.2, 0) is 4.79 Å². The lowest BCUT2D eigenvalue weighted by Gasteiger charge is -2.34. The fourth-order valence-electron chi connectivity index (χ4n) is 2.73. The first kappa shape index (κ1) is 11.0. The van der Waals surface area contributed by atoms with Gasteiger partial charge in [-0.15, -0.1) is 0 Å². The van der Waals surface area contributed by atoms with Crippen LogP contribution in [-0.4, -0.2) is 11.7 Å². The Morgan fingerprint density at radius 2 is 1.73 bits per heavy atom. The average molecular weight is 216 g/mol. The minimum absolute atomic E-state index is 0.0906. The maximum absolute atomic E-state index is 12.6. The number of rotatable bonds is 3. The van der Waals surface area contributed by atoms with Gasteiger partial charge in [-0.05, 0) is 5.92 Å². The highest BCUT2D eigenvalue weighted by molar-refractivity contribution is 5.82. The molecule has 0 atom stereocenters. The number of Topliss-reactive ketones (excluding diaryl/α,β-unsaturated/α-hetero) is 1. The minimum atomic E-state index is -2.55. The van der Waals surface area contributed by atoms with E-state index >= 15 is 0 Å². The molecule has 0 spiro atoms. The van der Waals surface area contributed by atoms with E-state index in [0.29, 0.717) is 12.3 Å². The molecule has 2 aliphatic carbocycles. The third kappa shape index (κ3) is 2.76. The fourth-order valence-corrected chi connectivity index (χ4v) is 2.73. The number of halogens is 2. The Balaban J connectivity index is 1.73. The van der Waals surface area contributed by atoms with Crippen molar-refractivity contribution in [3.8, 4) is 0 Å². The highest BCUT2D eigenvalue weighted by atomic mass is 19.3. The van der Waals surface area contributed by atoms with Gasteiger partial charge in [0.15, 0.2) is 0 Å². The van der Waals surface area contributed by atoms with Crippen LogP contribution in [0.1, 0.15) is 51.4 Å². The average Bonchev–Trinajstić information content (AvgIpc) is 2.15. The van der Waals surface area contributed by atoms with E-state index in [0.717, 1.165) is 12.8 Å². The highest BCUT2D eigenvalue weighted by Gasteiger charge is 2.48. The molecule has 0 unspecified atom stereocenters. The summed E-state index contributed by atoms with van der Waals surface area (Å²) in [7, 11) is 0. The van der Waals surface area contributed by atoms with Gasteiger partial charge in [0.1, 0.15) is 5.78 Å². The summed E-state index contributed by atoms with van der Waals surface area (Å²) >= 11 is 0. The van der Waals surface area contributed by atoms with Crippen LogP contribution < -0.4 is 0 Å². The second kappa shape index (κ2) is 4.18. The van der Waals surface area contributed by atoms with Crippen molar-refractivity contribution in [2.24, 2.45) is 11.8 Å².